The number of amides is 2. The number of carbonyl (C=O) groups is 2. The number of nitrogens with zero attached hydrogens (tertiary/aromatic N) is 1. The van der Waals surface area contributed by atoms with Gasteiger partial charge in [0.05, 0.1) is 50.6 Å². The number of rotatable bonds is 9. The smallest absolute Gasteiger partial charge is 0.253 e. The minimum absolute atomic E-state index is 0.0981. The number of methoxy groups -OCH3 is 2. The van der Waals surface area contributed by atoms with Crippen LogP contribution in [0, 0.1) is 0 Å². The molecule has 1 saturated heterocycles. The summed E-state index contributed by atoms with van der Waals surface area (Å²) in [5.74, 6) is 0.491. The third-order valence-corrected chi connectivity index (χ3v) is 5.90. The Labute approximate surface area is 203 Å². The third-order valence-electron chi connectivity index (χ3n) is 5.36. The monoisotopic (exact) mass is 495 g/mol. The molecule has 1 aliphatic rings. The van der Waals surface area contributed by atoms with E-state index in [0.717, 1.165) is 18.7 Å². The highest BCUT2D eigenvalue weighted by Crippen LogP contribution is 2.32. The molecule has 1 atom stereocenters. The zero-order valence-electron chi connectivity index (χ0n) is 18.5. The summed E-state index contributed by atoms with van der Waals surface area (Å²) in [6.07, 6.45) is 0. The van der Waals surface area contributed by atoms with Gasteiger partial charge < -0.3 is 24.8 Å². The van der Waals surface area contributed by atoms with Crippen molar-refractivity contribution >= 4 is 35.0 Å². The maximum Gasteiger partial charge on any atom is 0.253 e. The van der Waals surface area contributed by atoms with Crippen LogP contribution in [0.3, 0.4) is 0 Å². The van der Waals surface area contributed by atoms with E-state index in [1.807, 2.05) is 18.2 Å². The lowest BCUT2D eigenvalue weighted by Crippen LogP contribution is -2.45. The number of halogens is 2. The second-order valence-electron chi connectivity index (χ2n) is 7.39. The van der Waals surface area contributed by atoms with E-state index in [2.05, 4.69) is 15.5 Å². The summed E-state index contributed by atoms with van der Waals surface area (Å²) in [5, 5.41) is 6.15. The number of carbonyl (C=O) groups excluding carboxylic acids is 2. The van der Waals surface area contributed by atoms with Crippen molar-refractivity contribution in [2.75, 3.05) is 53.6 Å². The summed E-state index contributed by atoms with van der Waals surface area (Å²) >= 11 is 11.9. The highest BCUT2D eigenvalue weighted by atomic mass is 35.5. The number of nitrogens with one attached hydrogen (secondary N) is 2. The van der Waals surface area contributed by atoms with E-state index in [0.29, 0.717) is 36.3 Å². The van der Waals surface area contributed by atoms with E-state index in [9.17, 15) is 9.59 Å². The molecule has 1 fully saturated rings. The molecule has 0 radical (unpaired) electrons. The van der Waals surface area contributed by atoms with Crippen molar-refractivity contribution in [2.24, 2.45) is 0 Å². The molecule has 10 heteroatoms. The van der Waals surface area contributed by atoms with Crippen LogP contribution in [0.1, 0.15) is 22.0 Å². The van der Waals surface area contributed by atoms with E-state index in [-0.39, 0.29) is 29.1 Å². The Morgan fingerprint density at radius 2 is 1.76 bits per heavy atom. The zero-order chi connectivity index (χ0) is 23.8. The van der Waals surface area contributed by atoms with Crippen LogP contribution >= 0.6 is 23.2 Å². The molecule has 0 aromatic heterocycles. The summed E-state index contributed by atoms with van der Waals surface area (Å²) in [5.41, 5.74) is 1.23. The Morgan fingerprint density at radius 1 is 1.03 bits per heavy atom. The molecule has 0 bridgehead atoms. The van der Waals surface area contributed by atoms with E-state index in [4.69, 9.17) is 37.4 Å². The average Bonchev–Trinajstić information content (AvgIpc) is 2.83. The molecule has 1 aliphatic heterocycles. The summed E-state index contributed by atoms with van der Waals surface area (Å²) in [7, 11) is 3.17. The Bertz CT molecular complexity index is 983. The van der Waals surface area contributed by atoms with Crippen LogP contribution in [0.2, 0.25) is 10.0 Å². The number of morpholine rings is 1. The van der Waals surface area contributed by atoms with E-state index < -0.39 is 5.91 Å². The summed E-state index contributed by atoms with van der Waals surface area (Å²) in [4.78, 5) is 27.1. The van der Waals surface area contributed by atoms with Gasteiger partial charge in [-0.25, -0.2) is 0 Å². The van der Waals surface area contributed by atoms with E-state index in [1.54, 1.807) is 20.3 Å². The predicted octanol–water partition coefficient (Wildman–Crippen LogP) is 2.93. The maximum absolute atomic E-state index is 12.5. The van der Waals surface area contributed by atoms with Crippen molar-refractivity contribution in [3.63, 3.8) is 0 Å². The van der Waals surface area contributed by atoms with Crippen LogP contribution in [0.25, 0.3) is 0 Å². The second kappa shape index (κ2) is 12.1. The van der Waals surface area contributed by atoms with Crippen LogP contribution in [0.4, 0.5) is 0 Å². The molecule has 0 spiro atoms. The lowest BCUT2D eigenvalue weighted by atomic mass is 10.0. The molecule has 1 heterocycles. The lowest BCUT2D eigenvalue weighted by Gasteiger charge is -2.35. The van der Waals surface area contributed by atoms with Crippen molar-refractivity contribution < 1.29 is 23.8 Å². The van der Waals surface area contributed by atoms with Gasteiger partial charge in [0, 0.05) is 24.7 Å². The van der Waals surface area contributed by atoms with Crippen molar-refractivity contribution in [3.8, 4) is 11.5 Å². The van der Waals surface area contributed by atoms with Crippen molar-refractivity contribution in [1.82, 2.24) is 15.5 Å². The van der Waals surface area contributed by atoms with Gasteiger partial charge in [0.25, 0.3) is 5.91 Å². The number of ether oxygens (including phenoxy) is 3. The van der Waals surface area contributed by atoms with Crippen LogP contribution in [0.15, 0.2) is 36.4 Å². The first-order chi connectivity index (χ1) is 15.9. The average molecular weight is 496 g/mol. The first-order valence-electron chi connectivity index (χ1n) is 10.5. The molecule has 2 aromatic rings. The second-order valence-corrected chi connectivity index (χ2v) is 8.23. The van der Waals surface area contributed by atoms with Gasteiger partial charge in [0.15, 0.2) is 11.5 Å². The first kappa shape index (κ1) is 25.1. The van der Waals surface area contributed by atoms with E-state index >= 15 is 0 Å². The Hall–Kier alpha value is -2.52. The fraction of sp³-hybridized carbons (Fsp3) is 0.391. The van der Waals surface area contributed by atoms with Gasteiger partial charge in [-0.1, -0.05) is 29.3 Å². The standard InChI is InChI=1S/C23H27Cl2N3O5/c1-31-20-6-3-15(11-21(20)32-2)19(28-7-9-33-10-8-28)13-26-22(29)14-27-23(30)17-5-4-16(24)12-18(17)25/h3-6,11-12,19H,7-10,13-14H2,1-2H3,(H,26,29)(H,27,30). The Kier molecular flexibility index (Phi) is 9.20. The predicted molar refractivity (Wildman–Crippen MR) is 126 cm³/mol. The van der Waals surface area contributed by atoms with Gasteiger partial charge in [-0.3, -0.25) is 14.5 Å². The molecule has 1 unspecified atom stereocenters. The van der Waals surface area contributed by atoms with Gasteiger partial charge >= 0.3 is 0 Å². The fourth-order valence-corrected chi connectivity index (χ4v) is 4.10. The highest BCUT2D eigenvalue weighted by molar-refractivity contribution is 6.36. The Morgan fingerprint density at radius 3 is 2.42 bits per heavy atom. The molecular formula is C23H27Cl2N3O5. The largest absolute Gasteiger partial charge is 0.493 e. The topological polar surface area (TPSA) is 89.1 Å². The molecule has 3 rings (SSSR count). The normalized spacial score (nSPS) is 14.9. The van der Waals surface area contributed by atoms with Gasteiger partial charge in [-0.15, -0.1) is 0 Å². The molecule has 33 heavy (non-hydrogen) atoms. The van der Waals surface area contributed by atoms with Crippen LogP contribution < -0.4 is 20.1 Å². The van der Waals surface area contributed by atoms with Crippen LogP contribution in [-0.4, -0.2) is 70.3 Å². The molecule has 8 nitrogen and oxygen atoms in total. The van der Waals surface area contributed by atoms with Crippen LogP contribution in [0.5, 0.6) is 11.5 Å². The fourth-order valence-electron chi connectivity index (χ4n) is 3.61. The van der Waals surface area contributed by atoms with Gasteiger partial charge in [-0.2, -0.15) is 0 Å². The number of benzene rings is 2. The summed E-state index contributed by atoms with van der Waals surface area (Å²) in [6.45, 7) is 2.89. The SMILES string of the molecule is COc1ccc(C(CNC(=O)CNC(=O)c2ccc(Cl)cc2Cl)N2CCOCC2)cc1OC. The van der Waals surface area contributed by atoms with E-state index in [1.165, 1.54) is 12.1 Å². The molecule has 0 saturated carbocycles. The maximum atomic E-state index is 12.5. The van der Waals surface area contributed by atoms with Crippen molar-refractivity contribution in [3.05, 3.63) is 57.6 Å². The summed E-state index contributed by atoms with van der Waals surface area (Å²) < 4.78 is 16.3. The third kappa shape index (κ3) is 6.74. The number of hydrogen-bond acceptors (Lipinski definition) is 6. The van der Waals surface area contributed by atoms with Crippen molar-refractivity contribution in [2.45, 2.75) is 6.04 Å². The first-order valence-corrected chi connectivity index (χ1v) is 11.2. The molecule has 178 valence electrons. The quantitative estimate of drug-likeness (QED) is 0.555. The Balaban J connectivity index is 1.64. The minimum Gasteiger partial charge on any atom is -0.493 e. The molecule has 2 amide bonds. The number of hydrogen-bond donors (Lipinski definition) is 2. The highest BCUT2D eigenvalue weighted by Gasteiger charge is 2.24. The summed E-state index contributed by atoms with van der Waals surface area (Å²) in [6, 6.07) is 10.2. The molecule has 2 N–H and O–H groups in total. The van der Waals surface area contributed by atoms with Gasteiger partial charge in [-0.05, 0) is 35.9 Å². The molecule has 2 aromatic carbocycles. The minimum atomic E-state index is -0.448. The molecule has 0 aliphatic carbocycles. The lowest BCUT2D eigenvalue weighted by molar-refractivity contribution is -0.120. The van der Waals surface area contributed by atoms with Gasteiger partial charge in [0.2, 0.25) is 5.91 Å². The van der Waals surface area contributed by atoms with Crippen molar-refractivity contribution in [1.29, 1.82) is 0 Å². The zero-order valence-corrected chi connectivity index (χ0v) is 20.0. The van der Waals surface area contributed by atoms with Gasteiger partial charge in [0.1, 0.15) is 0 Å². The molecular weight excluding hydrogens is 469 g/mol. The van der Waals surface area contributed by atoms with Crippen LogP contribution in [-0.2, 0) is 9.53 Å².